The SMILES string of the molecule is COc1cccc(/C=N\n2c(C)n[nH]c2=S)c1OCc1ccccc1Cl. The Balaban J connectivity index is 1.91. The van der Waals surface area contributed by atoms with Crippen LogP contribution in [0, 0.1) is 11.7 Å². The van der Waals surface area contributed by atoms with Gasteiger partial charge in [0.25, 0.3) is 0 Å². The lowest BCUT2D eigenvalue weighted by Crippen LogP contribution is -2.02. The van der Waals surface area contributed by atoms with E-state index in [1.54, 1.807) is 13.3 Å². The molecule has 0 saturated heterocycles. The number of hydrogen-bond acceptors (Lipinski definition) is 5. The largest absolute Gasteiger partial charge is 0.493 e. The van der Waals surface area contributed by atoms with Crippen molar-refractivity contribution in [3.63, 3.8) is 0 Å². The van der Waals surface area contributed by atoms with Crippen LogP contribution in [0.5, 0.6) is 11.5 Å². The lowest BCUT2D eigenvalue weighted by atomic mass is 10.2. The number of methoxy groups -OCH3 is 1. The summed E-state index contributed by atoms with van der Waals surface area (Å²) in [5.74, 6) is 1.84. The Morgan fingerprint density at radius 2 is 2.08 bits per heavy atom. The second-order valence-electron chi connectivity index (χ2n) is 5.39. The fourth-order valence-corrected chi connectivity index (χ4v) is 2.76. The number of H-pyrrole nitrogens is 1. The van der Waals surface area contributed by atoms with E-state index in [1.165, 1.54) is 4.68 Å². The summed E-state index contributed by atoms with van der Waals surface area (Å²) < 4.78 is 13.4. The van der Waals surface area contributed by atoms with Crippen molar-refractivity contribution in [3.8, 4) is 11.5 Å². The molecule has 1 heterocycles. The first-order valence-electron chi connectivity index (χ1n) is 7.81. The van der Waals surface area contributed by atoms with Gasteiger partial charge in [-0.2, -0.15) is 14.9 Å². The first-order chi connectivity index (χ1) is 12.6. The number of nitrogens with one attached hydrogen (secondary N) is 1. The van der Waals surface area contributed by atoms with Gasteiger partial charge in [0.15, 0.2) is 11.5 Å². The molecule has 8 heteroatoms. The Morgan fingerprint density at radius 1 is 1.27 bits per heavy atom. The number of benzene rings is 2. The van der Waals surface area contributed by atoms with E-state index in [-0.39, 0.29) is 0 Å². The van der Waals surface area contributed by atoms with Gasteiger partial charge in [-0.15, -0.1) is 0 Å². The van der Waals surface area contributed by atoms with Crippen LogP contribution in [0.4, 0.5) is 0 Å². The maximum absolute atomic E-state index is 6.20. The number of nitrogens with zero attached hydrogens (tertiary/aromatic N) is 3. The number of ether oxygens (including phenoxy) is 2. The second-order valence-corrected chi connectivity index (χ2v) is 6.18. The third kappa shape index (κ3) is 3.95. The molecule has 26 heavy (non-hydrogen) atoms. The van der Waals surface area contributed by atoms with Gasteiger partial charge >= 0.3 is 0 Å². The Labute approximate surface area is 161 Å². The third-order valence-electron chi connectivity index (χ3n) is 3.68. The minimum Gasteiger partial charge on any atom is -0.493 e. The summed E-state index contributed by atoms with van der Waals surface area (Å²) in [5, 5.41) is 11.8. The van der Waals surface area contributed by atoms with E-state index in [0.29, 0.717) is 33.7 Å². The molecule has 2 aromatic carbocycles. The Morgan fingerprint density at radius 3 is 2.77 bits per heavy atom. The molecule has 0 spiro atoms. The van der Waals surface area contributed by atoms with Crippen molar-refractivity contribution >= 4 is 30.0 Å². The minimum absolute atomic E-state index is 0.311. The molecule has 134 valence electrons. The van der Waals surface area contributed by atoms with Crippen molar-refractivity contribution < 1.29 is 9.47 Å². The highest BCUT2D eigenvalue weighted by Gasteiger charge is 2.11. The standard InChI is InChI=1S/C18H17ClN4O2S/c1-12-21-22-18(26)23(12)20-10-13-7-5-9-16(24-2)17(13)25-11-14-6-3-4-8-15(14)19/h3-10H,11H2,1-2H3,(H,22,26)/b20-10-. The molecule has 0 fully saturated rings. The molecule has 0 saturated carbocycles. The normalized spacial score (nSPS) is 11.0. The first-order valence-corrected chi connectivity index (χ1v) is 8.60. The van der Waals surface area contributed by atoms with Crippen LogP contribution in [0.2, 0.25) is 5.02 Å². The van der Waals surface area contributed by atoms with Crippen LogP contribution in [0.15, 0.2) is 47.6 Å². The second kappa shape index (κ2) is 8.16. The average Bonchev–Trinajstić information content (AvgIpc) is 2.97. The van der Waals surface area contributed by atoms with E-state index in [4.69, 9.17) is 33.3 Å². The highest BCUT2D eigenvalue weighted by Crippen LogP contribution is 2.31. The van der Waals surface area contributed by atoms with Gasteiger partial charge in [-0.3, -0.25) is 5.10 Å². The van der Waals surface area contributed by atoms with Crippen LogP contribution in [0.1, 0.15) is 17.0 Å². The fourth-order valence-electron chi connectivity index (χ4n) is 2.34. The van der Waals surface area contributed by atoms with Crippen molar-refractivity contribution in [1.29, 1.82) is 0 Å². The molecular formula is C18H17ClN4O2S. The van der Waals surface area contributed by atoms with Gasteiger partial charge in [-0.1, -0.05) is 35.9 Å². The van der Waals surface area contributed by atoms with Gasteiger partial charge in [0, 0.05) is 16.1 Å². The van der Waals surface area contributed by atoms with Gasteiger partial charge < -0.3 is 9.47 Å². The Kier molecular flexibility index (Phi) is 5.70. The Bertz CT molecular complexity index is 997. The molecule has 0 aliphatic carbocycles. The van der Waals surface area contributed by atoms with Crippen LogP contribution in [0.3, 0.4) is 0 Å². The zero-order valence-corrected chi connectivity index (χ0v) is 15.8. The number of halogens is 1. The van der Waals surface area contributed by atoms with Crippen LogP contribution in [0.25, 0.3) is 0 Å². The molecule has 0 radical (unpaired) electrons. The lowest BCUT2D eigenvalue weighted by Gasteiger charge is -2.13. The lowest BCUT2D eigenvalue weighted by molar-refractivity contribution is 0.284. The van der Waals surface area contributed by atoms with Crippen molar-refractivity contribution in [2.45, 2.75) is 13.5 Å². The predicted molar refractivity (Wildman–Crippen MR) is 104 cm³/mol. The summed E-state index contributed by atoms with van der Waals surface area (Å²) in [4.78, 5) is 0. The highest BCUT2D eigenvalue weighted by molar-refractivity contribution is 7.71. The van der Waals surface area contributed by atoms with Gasteiger partial charge in [-0.25, -0.2) is 0 Å². The molecule has 3 aromatic rings. The van der Waals surface area contributed by atoms with E-state index in [0.717, 1.165) is 11.1 Å². The van der Waals surface area contributed by atoms with Gasteiger partial charge in [0.1, 0.15) is 12.4 Å². The van der Waals surface area contributed by atoms with E-state index in [2.05, 4.69) is 15.3 Å². The Hall–Kier alpha value is -2.64. The minimum atomic E-state index is 0.311. The van der Waals surface area contributed by atoms with Crippen molar-refractivity contribution in [2.24, 2.45) is 5.10 Å². The summed E-state index contributed by atoms with van der Waals surface area (Å²) >= 11 is 11.4. The van der Waals surface area contributed by atoms with E-state index in [1.807, 2.05) is 49.4 Å². The number of rotatable bonds is 6. The third-order valence-corrected chi connectivity index (χ3v) is 4.32. The molecule has 1 aromatic heterocycles. The topological polar surface area (TPSA) is 64.4 Å². The molecule has 0 bridgehead atoms. The fraction of sp³-hybridized carbons (Fsp3) is 0.167. The number of aromatic nitrogens is 3. The summed E-state index contributed by atoms with van der Waals surface area (Å²) in [6, 6.07) is 13.1. The number of aryl methyl sites for hydroxylation is 1. The highest BCUT2D eigenvalue weighted by atomic mass is 35.5. The number of aromatic amines is 1. The van der Waals surface area contributed by atoms with Gasteiger partial charge in [0.05, 0.1) is 13.3 Å². The smallest absolute Gasteiger partial charge is 0.216 e. The summed E-state index contributed by atoms with van der Waals surface area (Å²) in [6.07, 6.45) is 1.66. The molecule has 3 rings (SSSR count). The molecule has 1 N–H and O–H groups in total. The van der Waals surface area contributed by atoms with Crippen LogP contribution in [-0.2, 0) is 6.61 Å². The zero-order chi connectivity index (χ0) is 18.5. The number of para-hydroxylation sites is 1. The first kappa shape index (κ1) is 18.2. The van der Waals surface area contributed by atoms with Crippen molar-refractivity contribution in [3.05, 3.63) is 69.2 Å². The summed E-state index contributed by atoms with van der Waals surface area (Å²) in [6.45, 7) is 2.12. The molecule has 0 amide bonds. The zero-order valence-electron chi connectivity index (χ0n) is 14.3. The van der Waals surface area contributed by atoms with Gasteiger partial charge in [-0.05, 0) is 37.3 Å². The molecule has 6 nitrogen and oxygen atoms in total. The van der Waals surface area contributed by atoms with Gasteiger partial charge in [0.2, 0.25) is 4.77 Å². The molecule has 0 unspecified atom stereocenters. The maximum Gasteiger partial charge on any atom is 0.216 e. The van der Waals surface area contributed by atoms with E-state index >= 15 is 0 Å². The van der Waals surface area contributed by atoms with Crippen molar-refractivity contribution in [2.75, 3.05) is 7.11 Å². The van der Waals surface area contributed by atoms with Crippen molar-refractivity contribution in [1.82, 2.24) is 14.9 Å². The van der Waals surface area contributed by atoms with Crippen LogP contribution in [-0.4, -0.2) is 28.2 Å². The van der Waals surface area contributed by atoms with Crippen LogP contribution >= 0.6 is 23.8 Å². The summed E-state index contributed by atoms with van der Waals surface area (Å²) in [7, 11) is 1.59. The predicted octanol–water partition coefficient (Wildman–Crippen LogP) is 4.37. The average molecular weight is 389 g/mol. The molecular weight excluding hydrogens is 372 g/mol. The quantitative estimate of drug-likeness (QED) is 0.503. The van der Waals surface area contributed by atoms with E-state index < -0.39 is 0 Å². The summed E-state index contributed by atoms with van der Waals surface area (Å²) in [5.41, 5.74) is 1.63. The molecule has 0 atom stereocenters. The monoisotopic (exact) mass is 388 g/mol. The maximum atomic E-state index is 6.20. The number of hydrogen-bond donors (Lipinski definition) is 1. The molecule has 0 aliphatic rings. The van der Waals surface area contributed by atoms with E-state index in [9.17, 15) is 0 Å². The molecule has 0 aliphatic heterocycles. The van der Waals surface area contributed by atoms with Crippen LogP contribution < -0.4 is 9.47 Å².